The summed E-state index contributed by atoms with van der Waals surface area (Å²) in [7, 11) is 1.51. The summed E-state index contributed by atoms with van der Waals surface area (Å²) in [4.78, 5) is 10.2. The molecule has 2 nitrogen and oxygen atoms in total. The molecule has 0 fully saturated rings. The van der Waals surface area contributed by atoms with Gasteiger partial charge in [0.15, 0.2) is 0 Å². The lowest BCUT2D eigenvalue weighted by molar-refractivity contribution is -0.107. The minimum atomic E-state index is -0.311. The van der Waals surface area contributed by atoms with Gasteiger partial charge in [-0.25, -0.2) is 4.39 Å². The van der Waals surface area contributed by atoms with Crippen LogP contribution in [0.3, 0.4) is 0 Å². The molecular weight excluding hydrogens is 183 g/mol. The maximum Gasteiger partial charge on any atom is 0.130 e. The molecule has 0 aliphatic heterocycles. The number of rotatable bonds is 4. The zero-order chi connectivity index (χ0) is 10.6. The number of carbonyl (C=O) groups excluding carboxylic acids is 1. The molecule has 0 bridgehead atoms. The average molecular weight is 196 g/mol. The van der Waals surface area contributed by atoms with Gasteiger partial charge >= 0.3 is 0 Å². The summed E-state index contributed by atoms with van der Waals surface area (Å²) in [6.07, 6.45) is 1.59. The average Bonchev–Trinajstić information content (AvgIpc) is 2.18. The van der Waals surface area contributed by atoms with Gasteiger partial charge in [0.25, 0.3) is 0 Å². The Kier molecular flexibility index (Phi) is 3.63. The Balaban J connectivity index is 2.96. The first-order valence-electron chi connectivity index (χ1n) is 4.45. The molecule has 0 saturated heterocycles. The third-order valence-corrected chi connectivity index (χ3v) is 2.10. The first-order chi connectivity index (χ1) is 6.69. The Morgan fingerprint density at radius 2 is 2.21 bits per heavy atom. The summed E-state index contributed by atoms with van der Waals surface area (Å²) in [5.74, 6) is 0.228. The van der Waals surface area contributed by atoms with Gasteiger partial charge in [0.05, 0.1) is 7.11 Å². The largest absolute Gasteiger partial charge is 0.496 e. The molecule has 76 valence electrons. The van der Waals surface area contributed by atoms with Crippen LogP contribution in [0.4, 0.5) is 4.39 Å². The standard InChI is InChI=1S/C11H13FO2/c1-8-6-9(4-3-5-13)10(12)7-11(8)14-2/h5-7H,3-4H2,1-2H3. The number of carbonyl (C=O) groups is 1. The molecule has 1 rings (SSSR count). The first-order valence-corrected chi connectivity index (χ1v) is 4.45. The number of hydrogen-bond acceptors (Lipinski definition) is 2. The molecule has 0 amide bonds. The highest BCUT2D eigenvalue weighted by molar-refractivity contribution is 5.50. The second-order valence-electron chi connectivity index (χ2n) is 3.12. The highest BCUT2D eigenvalue weighted by Gasteiger charge is 2.06. The molecular formula is C11H13FO2. The number of methoxy groups -OCH3 is 1. The fraction of sp³-hybridized carbons (Fsp3) is 0.364. The molecule has 1 aromatic carbocycles. The molecule has 0 aliphatic rings. The highest BCUT2D eigenvalue weighted by Crippen LogP contribution is 2.22. The SMILES string of the molecule is COc1cc(F)c(CCC=O)cc1C. The van der Waals surface area contributed by atoms with E-state index in [1.54, 1.807) is 6.07 Å². The van der Waals surface area contributed by atoms with Crippen LogP contribution in [0.5, 0.6) is 5.75 Å². The molecule has 0 atom stereocenters. The van der Waals surface area contributed by atoms with E-state index in [0.717, 1.165) is 11.8 Å². The van der Waals surface area contributed by atoms with Crippen molar-refractivity contribution < 1.29 is 13.9 Å². The van der Waals surface area contributed by atoms with Crippen molar-refractivity contribution in [1.29, 1.82) is 0 Å². The second-order valence-corrected chi connectivity index (χ2v) is 3.12. The summed E-state index contributed by atoms with van der Waals surface area (Å²) in [6.45, 7) is 1.85. The summed E-state index contributed by atoms with van der Waals surface area (Å²) >= 11 is 0. The summed E-state index contributed by atoms with van der Waals surface area (Å²) in [5.41, 5.74) is 1.45. The van der Waals surface area contributed by atoms with Crippen LogP contribution in [0.25, 0.3) is 0 Å². The van der Waals surface area contributed by atoms with Gasteiger partial charge in [-0.15, -0.1) is 0 Å². The minimum Gasteiger partial charge on any atom is -0.496 e. The van der Waals surface area contributed by atoms with Crippen molar-refractivity contribution in [3.63, 3.8) is 0 Å². The molecule has 0 heterocycles. The maximum absolute atomic E-state index is 13.3. The topological polar surface area (TPSA) is 26.3 Å². The number of halogens is 1. The van der Waals surface area contributed by atoms with Crippen molar-refractivity contribution in [2.45, 2.75) is 19.8 Å². The normalized spacial score (nSPS) is 9.93. The van der Waals surface area contributed by atoms with E-state index in [0.29, 0.717) is 24.2 Å². The number of aldehydes is 1. The number of ether oxygens (including phenoxy) is 1. The zero-order valence-electron chi connectivity index (χ0n) is 8.34. The van der Waals surface area contributed by atoms with E-state index < -0.39 is 0 Å². The van der Waals surface area contributed by atoms with E-state index in [-0.39, 0.29) is 5.82 Å². The van der Waals surface area contributed by atoms with Crippen LogP contribution in [0.1, 0.15) is 17.5 Å². The van der Waals surface area contributed by atoms with Crippen LogP contribution in [0.2, 0.25) is 0 Å². The van der Waals surface area contributed by atoms with Gasteiger partial charge < -0.3 is 9.53 Å². The Hall–Kier alpha value is -1.38. The third-order valence-electron chi connectivity index (χ3n) is 2.10. The van der Waals surface area contributed by atoms with Crippen LogP contribution in [-0.2, 0) is 11.2 Å². The van der Waals surface area contributed by atoms with E-state index in [9.17, 15) is 9.18 Å². The maximum atomic E-state index is 13.3. The molecule has 3 heteroatoms. The van der Waals surface area contributed by atoms with Crippen LogP contribution >= 0.6 is 0 Å². The third kappa shape index (κ3) is 2.31. The molecule has 0 aromatic heterocycles. The Morgan fingerprint density at radius 3 is 2.79 bits per heavy atom. The van der Waals surface area contributed by atoms with Crippen molar-refractivity contribution in [1.82, 2.24) is 0 Å². The molecule has 0 unspecified atom stereocenters. The van der Waals surface area contributed by atoms with Gasteiger partial charge in [0.2, 0.25) is 0 Å². The number of aryl methyl sites for hydroxylation is 2. The number of benzene rings is 1. The summed E-state index contributed by atoms with van der Waals surface area (Å²) < 4.78 is 18.3. The van der Waals surface area contributed by atoms with E-state index in [2.05, 4.69) is 0 Å². The molecule has 1 aromatic rings. The van der Waals surface area contributed by atoms with Crippen LogP contribution in [-0.4, -0.2) is 13.4 Å². The van der Waals surface area contributed by atoms with Gasteiger partial charge in [-0.1, -0.05) is 0 Å². The van der Waals surface area contributed by atoms with E-state index >= 15 is 0 Å². The van der Waals surface area contributed by atoms with Crippen molar-refractivity contribution in [3.8, 4) is 5.75 Å². The predicted octanol–water partition coefficient (Wildman–Crippen LogP) is 2.27. The van der Waals surface area contributed by atoms with Crippen LogP contribution < -0.4 is 4.74 Å². The zero-order valence-corrected chi connectivity index (χ0v) is 8.34. The Morgan fingerprint density at radius 1 is 1.50 bits per heavy atom. The molecule has 0 saturated carbocycles. The Bertz CT molecular complexity index is 334. The summed E-state index contributed by atoms with van der Waals surface area (Å²) in [6, 6.07) is 3.08. The van der Waals surface area contributed by atoms with Crippen molar-refractivity contribution in [2.24, 2.45) is 0 Å². The van der Waals surface area contributed by atoms with E-state index in [4.69, 9.17) is 4.74 Å². The van der Waals surface area contributed by atoms with Gasteiger partial charge in [-0.3, -0.25) is 0 Å². The fourth-order valence-corrected chi connectivity index (χ4v) is 1.35. The molecule has 0 N–H and O–H groups in total. The lowest BCUT2D eigenvalue weighted by Gasteiger charge is -2.07. The molecule has 0 aliphatic carbocycles. The van der Waals surface area contributed by atoms with Gasteiger partial charge in [-0.05, 0) is 30.5 Å². The Labute approximate surface area is 82.7 Å². The van der Waals surface area contributed by atoms with Crippen LogP contribution in [0, 0.1) is 12.7 Å². The monoisotopic (exact) mass is 196 g/mol. The first kappa shape index (κ1) is 10.7. The minimum absolute atomic E-state index is 0.311. The second kappa shape index (κ2) is 4.74. The van der Waals surface area contributed by atoms with Crippen molar-refractivity contribution in [2.75, 3.05) is 7.11 Å². The summed E-state index contributed by atoms with van der Waals surface area (Å²) in [5, 5.41) is 0. The van der Waals surface area contributed by atoms with Crippen LogP contribution in [0.15, 0.2) is 12.1 Å². The van der Waals surface area contributed by atoms with Gasteiger partial charge in [-0.2, -0.15) is 0 Å². The van der Waals surface area contributed by atoms with Crippen molar-refractivity contribution >= 4 is 6.29 Å². The number of hydrogen-bond donors (Lipinski definition) is 0. The quantitative estimate of drug-likeness (QED) is 0.690. The lowest BCUT2D eigenvalue weighted by Crippen LogP contribution is -1.95. The molecule has 0 spiro atoms. The van der Waals surface area contributed by atoms with Crippen molar-refractivity contribution in [3.05, 3.63) is 29.1 Å². The lowest BCUT2D eigenvalue weighted by atomic mass is 10.1. The highest BCUT2D eigenvalue weighted by atomic mass is 19.1. The van der Waals surface area contributed by atoms with E-state index in [1.165, 1.54) is 13.2 Å². The smallest absolute Gasteiger partial charge is 0.130 e. The van der Waals surface area contributed by atoms with Gasteiger partial charge in [0, 0.05) is 12.5 Å². The molecule has 0 radical (unpaired) electrons. The molecule has 14 heavy (non-hydrogen) atoms. The predicted molar refractivity (Wildman–Crippen MR) is 52.1 cm³/mol. The van der Waals surface area contributed by atoms with E-state index in [1.807, 2.05) is 6.92 Å². The fourth-order valence-electron chi connectivity index (χ4n) is 1.35. The van der Waals surface area contributed by atoms with Gasteiger partial charge in [0.1, 0.15) is 17.9 Å².